The molecule has 94 valence electrons. The van der Waals surface area contributed by atoms with Crippen LogP contribution in [-0.2, 0) is 9.53 Å². The molecule has 0 aromatic carbocycles. The van der Waals surface area contributed by atoms with Crippen LogP contribution in [0.15, 0.2) is 12.7 Å². The van der Waals surface area contributed by atoms with Crippen LogP contribution in [0.25, 0.3) is 0 Å². The van der Waals surface area contributed by atoms with E-state index in [1.165, 1.54) is 12.5 Å². The van der Waals surface area contributed by atoms with Gasteiger partial charge in [-0.2, -0.15) is 0 Å². The molecule has 0 amide bonds. The van der Waals surface area contributed by atoms with Gasteiger partial charge in [0.1, 0.15) is 5.60 Å². The number of carbonyl (C=O) groups is 1. The molecule has 4 bridgehead atoms. The Labute approximate surface area is 102 Å². The molecule has 3 heteroatoms. The summed E-state index contributed by atoms with van der Waals surface area (Å²) in [5.41, 5.74) is -0.599. The van der Waals surface area contributed by atoms with Crippen LogP contribution in [0, 0.1) is 23.7 Å². The molecule has 0 atom stereocenters. The second-order valence-electron chi connectivity index (χ2n) is 6.04. The third-order valence-corrected chi connectivity index (χ3v) is 5.22. The van der Waals surface area contributed by atoms with Crippen LogP contribution in [0.2, 0.25) is 0 Å². The van der Waals surface area contributed by atoms with Gasteiger partial charge in [-0.25, -0.2) is 4.79 Å². The lowest BCUT2D eigenvalue weighted by molar-refractivity contribution is -0.217. The summed E-state index contributed by atoms with van der Waals surface area (Å²) in [6, 6.07) is 0. The maximum absolute atomic E-state index is 11.5. The zero-order chi connectivity index (χ0) is 12.0. The Morgan fingerprint density at radius 3 is 2.18 bits per heavy atom. The van der Waals surface area contributed by atoms with Crippen LogP contribution in [-0.4, -0.2) is 23.3 Å². The highest BCUT2D eigenvalue weighted by Gasteiger charge is 2.59. The second-order valence-corrected chi connectivity index (χ2v) is 6.04. The summed E-state index contributed by atoms with van der Waals surface area (Å²) in [6.07, 6.45) is 7.05. The van der Waals surface area contributed by atoms with Crippen LogP contribution in [0.4, 0.5) is 0 Å². The van der Waals surface area contributed by atoms with Crippen molar-refractivity contribution in [1.29, 1.82) is 0 Å². The Kier molecular flexibility index (Phi) is 2.54. The smallest absolute Gasteiger partial charge is 0.330 e. The first-order valence-corrected chi connectivity index (χ1v) is 6.64. The lowest BCUT2D eigenvalue weighted by Gasteiger charge is -2.59. The molecular formula is C14H20O3. The largest absolute Gasteiger partial charge is 0.453 e. The van der Waals surface area contributed by atoms with Crippen molar-refractivity contribution in [1.82, 2.24) is 0 Å². The molecule has 0 radical (unpaired) electrons. The maximum Gasteiger partial charge on any atom is 0.330 e. The first kappa shape index (κ1) is 11.3. The minimum atomic E-state index is -0.599. The number of hydrogen-bond donors (Lipinski definition) is 1. The summed E-state index contributed by atoms with van der Waals surface area (Å²) < 4.78 is 5.61. The monoisotopic (exact) mass is 236 g/mol. The van der Waals surface area contributed by atoms with Crippen LogP contribution in [0.1, 0.15) is 32.1 Å². The molecule has 4 aliphatic rings. The lowest BCUT2D eigenvalue weighted by Crippen LogP contribution is -2.61. The van der Waals surface area contributed by atoms with Crippen molar-refractivity contribution in [3.63, 3.8) is 0 Å². The van der Waals surface area contributed by atoms with Gasteiger partial charge >= 0.3 is 5.97 Å². The molecule has 0 aliphatic heterocycles. The van der Waals surface area contributed by atoms with Crippen LogP contribution >= 0.6 is 0 Å². The highest BCUT2D eigenvalue weighted by atomic mass is 16.6. The molecule has 1 N–H and O–H groups in total. The number of carbonyl (C=O) groups excluding carboxylic acids is 1. The van der Waals surface area contributed by atoms with E-state index in [4.69, 9.17) is 4.74 Å². The predicted octanol–water partition coefficient (Wildman–Crippen LogP) is 1.90. The highest BCUT2D eigenvalue weighted by Crippen LogP contribution is 2.59. The number of aliphatic hydroxyl groups is 1. The number of ether oxygens (including phenoxy) is 1. The Balaban J connectivity index is 1.88. The predicted molar refractivity (Wildman–Crippen MR) is 63.2 cm³/mol. The Morgan fingerprint density at radius 1 is 1.24 bits per heavy atom. The van der Waals surface area contributed by atoms with Crippen LogP contribution in [0.3, 0.4) is 0 Å². The molecule has 0 unspecified atom stereocenters. The topological polar surface area (TPSA) is 46.5 Å². The summed E-state index contributed by atoms with van der Waals surface area (Å²) in [5, 5.41) is 9.78. The van der Waals surface area contributed by atoms with Gasteiger partial charge in [-0.15, -0.1) is 0 Å². The molecule has 4 fully saturated rings. The van der Waals surface area contributed by atoms with E-state index in [-0.39, 0.29) is 12.6 Å². The molecule has 0 heterocycles. The van der Waals surface area contributed by atoms with Crippen molar-refractivity contribution >= 4 is 5.97 Å². The average Bonchev–Trinajstić information content (AvgIpc) is 2.33. The van der Waals surface area contributed by atoms with E-state index in [1.807, 2.05) is 0 Å². The van der Waals surface area contributed by atoms with E-state index in [0.29, 0.717) is 11.8 Å². The molecule has 0 aromatic rings. The molecule has 0 spiro atoms. The summed E-state index contributed by atoms with van der Waals surface area (Å²) in [4.78, 5) is 11.5. The van der Waals surface area contributed by atoms with Gasteiger partial charge in [0.2, 0.25) is 0 Å². The molecule has 3 nitrogen and oxygen atoms in total. The van der Waals surface area contributed by atoms with Gasteiger partial charge in [0.25, 0.3) is 0 Å². The molecule has 0 aromatic heterocycles. The van der Waals surface area contributed by atoms with Gasteiger partial charge in [0.15, 0.2) is 0 Å². The van der Waals surface area contributed by atoms with E-state index in [2.05, 4.69) is 6.58 Å². The normalized spacial score (nSPS) is 46.9. The van der Waals surface area contributed by atoms with Gasteiger partial charge in [0, 0.05) is 17.9 Å². The quantitative estimate of drug-likeness (QED) is 0.601. The summed E-state index contributed by atoms with van der Waals surface area (Å²) in [5.74, 6) is 1.96. The van der Waals surface area contributed by atoms with Crippen molar-refractivity contribution in [3.8, 4) is 0 Å². The number of rotatable bonds is 3. The third-order valence-electron chi connectivity index (χ3n) is 5.22. The fourth-order valence-electron chi connectivity index (χ4n) is 4.67. The molecule has 0 saturated heterocycles. The number of esters is 1. The van der Waals surface area contributed by atoms with E-state index in [0.717, 1.165) is 37.5 Å². The third kappa shape index (κ3) is 1.55. The Bertz CT molecular complexity index is 319. The van der Waals surface area contributed by atoms with Crippen molar-refractivity contribution in [2.45, 2.75) is 37.7 Å². The zero-order valence-corrected chi connectivity index (χ0v) is 10.1. The molecule has 17 heavy (non-hydrogen) atoms. The second kappa shape index (κ2) is 3.84. The summed E-state index contributed by atoms with van der Waals surface area (Å²) >= 11 is 0. The number of hydrogen-bond acceptors (Lipinski definition) is 3. The molecule has 4 saturated carbocycles. The van der Waals surface area contributed by atoms with Gasteiger partial charge in [-0.3, -0.25) is 0 Å². The fourth-order valence-corrected chi connectivity index (χ4v) is 4.67. The average molecular weight is 236 g/mol. The van der Waals surface area contributed by atoms with Crippen LogP contribution in [0.5, 0.6) is 0 Å². The standard InChI is InChI=1S/C14H20O3/c1-2-13(16)17-14(8-15)11-4-9-3-10(6-11)7-12(14)5-9/h2,9-12,15H,1,3-8H2. The summed E-state index contributed by atoms with van der Waals surface area (Å²) in [6.45, 7) is 3.43. The highest BCUT2D eigenvalue weighted by molar-refractivity contribution is 5.81. The first-order valence-electron chi connectivity index (χ1n) is 6.64. The molecule has 4 rings (SSSR count). The van der Waals surface area contributed by atoms with Crippen LogP contribution < -0.4 is 0 Å². The summed E-state index contributed by atoms with van der Waals surface area (Å²) in [7, 11) is 0. The maximum atomic E-state index is 11.5. The zero-order valence-electron chi connectivity index (χ0n) is 10.1. The molecule has 4 aliphatic carbocycles. The fraction of sp³-hybridized carbons (Fsp3) is 0.786. The van der Waals surface area contributed by atoms with Crippen molar-refractivity contribution in [3.05, 3.63) is 12.7 Å². The van der Waals surface area contributed by atoms with Crippen molar-refractivity contribution in [2.24, 2.45) is 23.7 Å². The van der Waals surface area contributed by atoms with Gasteiger partial charge < -0.3 is 9.84 Å². The van der Waals surface area contributed by atoms with Gasteiger partial charge in [-0.1, -0.05) is 6.58 Å². The van der Waals surface area contributed by atoms with E-state index in [9.17, 15) is 9.90 Å². The van der Waals surface area contributed by atoms with Crippen molar-refractivity contribution in [2.75, 3.05) is 6.61 Å². The SMILES string of the molecule is C=CC(=O)OC1(CO)C2CC3CC(C2)CC1C3. The van der Waals surface area contributed by atoms with E-state index >= 15 is 0 Å². The van der Waals surface area contributed by atoms with E-state index < -0.39 is 5.60 Å². The first-order chi connectivity index (χ1) is 8.18. The number of aliphatic hydroxyl groups excluding tert-OH is 1. The van der Waals surface area contributed by atoms with Gasteiger partial charge in [-0.05, 0) is 43.9 Å². The Hall–Kier alpha value is -0.830. The Morgan fingerprint density at radius 2 is 1.76 bits per heavy atom. The van der Waals surface area contributed by atoms with Gasteiger partial charge in [0.05, 0.1) is 6.61 Å². The minimum Gasteiger partial charge on any atom is -0.453 e. The van der Waals surface area contributed by atoms with Crippen molar-refractivity contribution < 1.29 is 14.6 Å². The molecular weight excluding hydrogens is 216 g/mol. The lowest BCUT2D eigenvalue weighted by atomic mass is 9.50. The van der Waals surface area contributed by atoms with E-state index in [1.54, 1.807) is 0 Å². The minimum absolute atomic E-state index is 0.0264.